The molecular formula is C15H24O2. The molecule has 0 amide bonds. The van der Waals surface area contributed by atoms with Gasteiger partial charge in [-0.2, -0.15) is 0 Å². The number of aliphatic hydroxyl groups excluding tert-OH is 2. The molecule has 0 aromatic carbocycles. The maximum absolute atomic E-state index is 10.9. The molecule has 0 aromatic rings. The zero-order chi connectivity index (χ0) is 12.4. The predicted octanol–water partition coefficient (Wildman–Crippen LogP) is 2.19. The van der Waals surface area contributed by atoms with Crippen LogP contribution in [0.15, 0.2) is 0 Å². The molecule has 2 N–H and O–H groups in total. The van der Waals surface area contributed by atoms with Gasteiger partial charge in [0.1, 0.15) is 0 Å². The van der Waals surface area contributed by atoms with Crippen LogP contribution in [0, 0.1) is 33.5 Å². The fourth-order valence-electron chi connectivity index (χ4n) is 7.38. The second-order valence-electron chi connectivity index (χ2n) is 8.24. The highest BCUT2D eigenvalue weighted by molar-refractivity contribution is 5.43. The standard InChI is InChI=1S/C15H24O2/c1-12(2)6-5-7-13(3)9-8-10(16)15(12,13)11(17)14(8,9)4/h8-11,16-17H,5-7H2,1-4H3/t8?,9?,10-,11+,13-,14?,15-/m1/s1. The van der Waals surface area contributed by atoms with Crippen LogP contribution in [0.3, 0.4) is 0 Å². The van der Waals surface area contributed by atoms with Crippen molar-refractivity contribution in [2.24, 2.45) is 33.5 Å². The molecule has 0 aromatic heterocycles. The highest BCUT2D eigenvalue weighted by Crippen LogP contribution is 2.94. The monoisotopic (exact) mass is 236 g/mol. The van der Waals surface area contributed by atoms with E-state index in [4.69, 9.17) is 0 Å². The fourth-order valence-corrected chi connectivity index (χ4v) is 7.38. The average molecular weight is 236 g/mol. The second kappa shape index (κ2) is 2.34. The number of aliphatic hydroxyl groups is 2. The minimum atomic E-state index is -0.291. The Morgan fingerprint density at radius 3 is 2.12 bits per heavy atom. The van der Waals surface area contributed by atoms with Crippen LogP contribution in [0.4, 0.5) is 0 Å². The molecular weight excluding hydrogens is 212 g/mol. The third kappa shape index (κ3) is 0.669. The molecule has 0 aliphatic heterocycles. The molecule has 96 valence electrons. The first kappa shape index (κ1) is 10.8. The van der Waals surface area contributed by atoms with E-state index in [-0.39, 0.29) is 33.9 Å². The van der Waals surface area contributed by atoms with E-state index in [0.29, 0.717) is 11.8 Å². The topological polar surface area (TPSA) is 40.5 Å². The highest BCUT2D eigenvalue weighted by atomic mass is 16.3. The van der Waals surface area contributed by atoms with Crippen molar-refractivity contribution in [2.75, 3.05) is 0 Å². The second-order valence-corrected chi connectivity index (χ2v) is 8.24. The van der Waals surface area contributed by atoms with Crippen LogP contribution < -0.4 is 0 Å². The third-order valence-electron chi connectivity index (χ3n) is 7.71. The summed E-state index contributed by atoms with van der Waals surface area (Å²) in [5.41, 5.74) is 0.0329. The predicted molar refractivity (Wildman–Crippen MR) is 65.3 cm³/mol. The van der Waals surface area contributed by atoms with Gasteiger partial charge in [0.05, 0.1) is 12.2 Å². The van der Waals surface area contributed by atoms with Crippen molar-refractivity contribution < 1.29 is 10.2 Å². The van der Waals surface area contributed by atoms with Crippen molar-refractivity contribution in [3.05, 3.63) is 0 Å². The zero-order valence-corrected chi connectivity index (χ0v) is 11.3. The lowest BCUT2D eigenvalue weighted by Crippen LogP contribution is -2.58. The number of hydrogen-bond donors (Lipinski definition) is 2. The molecule has 5 aliphatic rings. The van der Waals surface area contributed by atoms with E-state index in [2.05, 4.69) is 27.7 Å². The molecule has 2 nitrogen and oxygen atoms in total. The number of rotatable bonds is 0. The summed E-state index contributed by atoms with van der Waals surface area (Å²) in [7, 11) is 0. The molecule has 5 aliphatic carbocycles. The molecule has 1 spiro atoms. The molecule has 5 rings (SSSR count). The van der Waals surface area contributed by atoms with Crippen LogP contribution in [0.25, 0.3) is 0 Å². The lowest BCUT2D eigenvalue weighted by atomic mass is 9.47. The lowest BCUT2D eigenvalue weighted by molar-refractivity contribution is -0.172. The zero-order valence-electron chi connectivity index (χ0n) is 11.3. The van der Waals surface area contributed by atoms with E-state index in [1.165, 1.54) is 12.8 Å². The van der Waals surface area contributed by atoms with Crippen molar-refractivity contribution in [3.63, 3.8) is 0 Å². The van der Waals surface area contributed by atoms with Gasteiger partial charge >= 0.3 is 0 Å². The largest absolute Gasteiger partial charge is 0.392 e. The van der Waals surface area contributed by atoms with E-state index in [1.807, 2.05) is 0 Å². The van der Waals surface area contributed by atoms with Gasteiger partial charge in [-0.1, -0.05) is 34.1 Å². The molecule has 5 saturated carbocycles. The smallest absolute Gasteiger partial charge is 0.0692 e. The quantitative estimate of drug-likeness (QED) is 0.677. The van der Waals surface area contributed by atoms with E-state index in [9.17, 15) is 10.2 Å². The fraction of sp³-hybridized carbons (Fsp3) is 1.00. The molecule has 0 radical (unpaired) electrons. The Morgan fingerprint density at radius 2 is 1.65 bits per heavy atom. The van der Waals surface area contributed by atoms with Crippen molar-refractivity contribution in [2.45, 2.75) is 59.2 Å². The Kier molecular flexibility index (Phi) is 1.49. The maximum Gasteiger partial charge on any atom is 0.0692 e. The molecule has 5 fully saturated rings. The van der Waals surface area contributed by atoms with Crippen LogP contribution in [0.1, 0.15) is 47.0 Å². The van der Waals surface area contributed by atoms with Gasteiger partial charge in [0.15, 0.2) is 0 Å². The van der Waals surface area contributed by atoms with Crippen molar-refractivity contribution in [3.8, 4) is 0 Å². The van der Waals surface area contributed by atoms with Gasteiger partial charge in [-0.05, 0) is 35.5 Å². The van der Waals surface area contributed by atoms with Crippen LogP contribution in [-0.2, 0) is 0 Å². The van der Waals surface area contributed by atoms with Gasteiger partial charge in [0.2, 0.25) is 0 Å². The van der Waals surface area contributed by atoms with Gasteiger partial charge in [-0.15, -0.1) is 0 Å². The van der Waals surface area contributed by atoms with Crippen LogP contribution in [0.2, 0.25) is 0 Å². The summed E-state index contributed by atoms with van der Waals surface area (Å²) in [6, 6.07) is 0. The van der Waals surface area contributed by atoms with Crippen molar-refractivity contribution >= 4 is 0 Å². The summed E-state index contributed by atoms with van der Waals surface area (Å²) in [6.07, 6.45) is 3.03. The Hall–Kier alpha value is -0.0800. The molecule has 0 heterocycles. The molecule has 17 heavy (non-hydrogen) atoms. The molecule has 4 bridgehead atoms. The van der Waals surface area contributed by atoms with Crippen molar-refractivity contribution in [1.29, 1.82) is 0 Å². The van der Waals surface area contributed by atoms with Gasteiger partial charge in [-0.25, -0.2) is 0 Å². The first-order valence-corrected chi connectivity index (χ1v) is 7.12. The van der Waals surface area contributed by atoms with Gasteiger partial charge in [-0.3, -0.25) is 0 Å². The Balaban J connectivity index is 2.00. The minimum Gasteiger partial charge on any atom is -0.392 e. The molecule has 2 heteroatoms. The first-order chi connectivity index (χ1) is 7.76. The highest BCUT2D eigenvalue weighted by Gasteiger charge is 2.96. The van der Waals surface area contributed by atoms with Crippen LogP contribution >= 0.6 is 0 Å². The maximum atomic E-state index is 10.9. The lowest BCUT2D eigenvalue weighted by Gasteiger charge is -2.58. The summed E-state index contributed by atoms with van der Waals surface area (Å²) in [4.78, 5) is 0. The van der Waals surface area contributed by atoms with Crippen LogP contribution in [-0.4, -0.2) is 22.4 Å². The minimum absolute atomic E-state index is 0.0236. The summed E-state index contributed by atoms with van der Waals surface area (Å²) in [6.45, 7) is 9.11. The average Bonchev–Trinajstić information content (AvgIpc) is 2.66. The van der Waals surface area contributed by atoms with E-state index in [0.717, 1.165) is 6.42 Å². The normalized spacial score (nSPS) is 70.2. The van der Waals surface area contributed by atoms with E-state index < -0.39 is 0 Å². The Morgan fingerprint density at radius 1 is 1.00 bits per heavy atom. The van der Waals surface area contributed by atoms with Gasteiger partial charge in [0.25, 0.3) is 0 Å². The molecule has 7 atom stereocenters. The Labute approximate surface area is 103 Å². The first-order valence-electron chi connectivity index (χ1n) is 7.12. The summed E-state index contributed by atoms with van der Waals surface area (Å²) in [5, 5.41) is 21.7. The van der Waals surface area contributed by atoms with Crippen molar-refractivity contribution in [1.82, 2.24) is 0 Å². The summed E-state index contributed by atoms with van der Waals surface area (Å²) < 4.78 is 0. The van der Waals surface area contributed by atoms with E-state index >= 15 is 0 Å². The molecule has 3 unspecified atom stereocenters. The number of hydrogen-bond acceptors (Lipinski definition) is 2. The summed E-state index contributed by atoms with van der Waals surface area (Å²) in [5.74, 6) is 0.944. The van der Waals surface area contributed by atoms with Crippen LogP contribution in [0.5, 0.6) is 0 Å². The molecule has 0 saturated heterocycles. The van der Waals surface area contributed by atoms with Gasteiger partial charge in [0, 0.05) is 10.8 Å². The third-order valence-corrected chi connectivity index (χ3v) is 7.71. The van der Waals surface area contributed by atoms with E-state index in [1.54, 1.807) is 0 Å². The van der Waals surface area contributed by atoms with Gasteiger partial charge < -0.3 is 10.2 Å². The Bertz CT molecular complexity index is 417. The summed E-state index contributed by atoms with van der Waals surface area (Å²) >= 11 is 0. The SMILES string of the molecule is CC12C3C1[C@@]1(C)CCCC(C)(C)[C@@]1([C@@H]3O)[C@H]2O.